The lowest BCUT2D eigenvalue weighted by Gasteiger charge is -2.28. The topological polar surface area (TPSA) is 70.5 Å². The van der Waals surface area contributed by atoms with Gasteiger partial charge < -0.3 is 15.1 Å². The second kappa shape index (κ2) is 10.5. The van der Waals surface area contributed by atoms with Crippen molar-refractivity contribution in [3.05, 3.63) is 18.5 Å². The van der Waals surface area contributed by atoms with Crippen LogP contribution in [0.2, 0.25) is 0 Å². The molecule has 1 saturated heterocycles. The van der Waals surface area contributed by atoms with Crippen molar-refractivity contribution in [2.75, 3.05) is 33.7 Å². The molecule has 0 spiro atoms. The lowest BCUT2D eigenvalue weighted by molar-refractivity contribution is -0.141. The lowest BCUT2D eigenvalue weighted by Crippen LogP contribution is -2.47. The largest absolute Gasteiger partial charge is 0.337 e. The van der Waals surface area contributed by atoms with Gasteiger partial charge in [-0.1, -0.05) is 0 Å². The summed E-state index contributed by atoms with van der Waals surface area (Å²) in [5.41, 5.74) is 0. The number of carbonyl (C=O) groups is 2. The molecule has 9 heteroatoms. The Bertz CT molecular complexity index is 512. The summed E-state index contributed by atoms with van der Waals surface area (Å²) in [6, 6.07) is 1.62. The van der Waals surface area contributed by atoms with Crippen LogP contribution in [0.1, 0.15) is 25.8 Å². The standard InChI is InChI=1S/C15H25N5O2.2ClH/c1-12(20-9-5-7-17-20)15(22)18(3)11-14(21)19-8-4-6-13(19)10-16-2;;/h5,7,9,12-13,16H,4,6,8,10-11H2,1-3H3;2*1H. The Morgan fingerprint density at radius 2 is 2.12 bits per heavy atom. The van der Waals surface area contributed by atoms with E-state index in [1.54, 1.807) is 37.1 Å². The Morgan fingerprint density at radius 3 is 2.71 bits per heavy atom. The van der Waals surface area contributed by atoms with Gasteiger partial charge in [0.25, 0.3) is 0 Å². The molecule has 2 rings (SSSR count). The van der Waals surface area contributed by atoms with Crippen LogP contribution in [-0.4, -0.2) is 71.2 Å². The number of halogens is 2. The zero-order chi connectivity index (χ0) is 16.1. The number of hydrogen-bond acceptors (Lipinski definition) is 4. The van der Waals surface area contributed by atoms with Gasteiger partial charge in [0.05, 0.1) is 6.54 Å². The SMILES string of the molecule is CNCC1CCCN1C(=O)CN(C)C(=O)C(C)n1cccn1.Cl.Cl. The van der Waals surface area contributed by atoms with Crippen LogP contribution in [0.3, 0.4) is 0 Å². The maximum Gasteiger partial charge on any atom is 0.247 e. The molecule has 0 aromatic carbocycles. The minimum absolute atomic E-state index is 0. The highest BCUT2D eigenvalue weighted by molar-refractivity contribution is 5.86. The van der Waals surface area contributed by atoms with Crippen LogP contribution in [-0.2, 0) is 9.59 Å². The molecule has 2 heterocycles. The summed E-state index contributed by atoms with van der Waals surface area (Å²) < 4.78 is 1.60. The first kappa shape index (κ1) is 22.7. The number of amides is 2. The van der Waals surface area contributed by atoms with Crippen molar-refractivity contribution in [2.45, 2.75) is 31.8 Å². The Labute approximate surface area is 155 Å². The number of aromatic nitrogens is 2. The predicted molar refractivity (Wildman–Crippen MR) is 97.7 cm³/mol. The third-order valence-corrected chi connectivity index (χ3v) is 4.16. The maximum absolute atomic E-state index is 12.4. The average Bonchev–Trinajstić information content (AvgIpc) is 3.17. The summed E-state index contributed by atoms with van der Waals surface area (Å²) in [4.78, 5) is 28.2. The Morgan fingerprint density at radius 1 is 1.42 bits per heavy atom. The third kappa shape index (κ3) is 5.36. The molecule has 1 aliphatic rings. The van der Waals surface area contributed by atoms with E-state index in [-0.39, 0.29) is 49.2 Å². The van der Waals surface area contributed by atoms with Gasteiger partial charge in [0.2, 0.25) is 11.8 Å². The van der Waals surface area contributed by atoms with Crippen molar-refractivity contribution in [3.8, 4) is 0 Å². The van der Waals surface area contributed by atoms with E-state index >= 15 is 0 Å². The highest BCUT2D eigenvalue weighted by Crippen LogP contribution is 2.17. The number of nitrogens with one attached hydrogen (secondary N) is 1. The second-order valence-corrected chi connectivity index (χ2v) is 5.80. The van der Waals surface area contributed by atoms with Gasteiger partial charge in [0.1, 0.15) is 6.04 Å². The molecule has 138 valence electrons. The van der Waals surface area contributed by atoms with E-state index in [4.69, 9.17) is 0 Å². The van der Waals surface area contributed by atoms with Gasteiger partial charge in [-0.05, 0) is 32.9 Å². The second-order valence-electron chi connectivity index (χ2n) is 5.80. The predicted octanol–water partition coefficient (Wildman–Crippen LogP) is 0.957. The van der Waals surface area contributed by atoms with Crippen LogP contribution in [0.4, 0.5) is 0 Å². The summed E-state index contributed by atoms with van der Waals surface area (Å²) >= 11 is 0. The normalized spacial score (nSPS) is 17.6. The Balaban J connectivity index is 0.00000264. The molecular formula is C15H27Cl2N5O2. The van der Waals surface area contributed by atoms with Crippen molar-refractivity contribution < 1.29 is 9.59 Å². The molecule has 7 nitrogen and oxygen atoms in total. The van der Waals surface area contributed by atoms with Gasteiger partial charge >= 0.3 is 0 Å². The van der Waals surface area contributed by atoms with Crippen LogP contribution >= 0.6 is 24.8 Å². The summed E-state index contributed by atoms with van der Waals surface area (Å²) in [6.07, 6.45) is 5.44. The highest BCUT2D eigenvalue weighted by Gasteiger charge is 2.30. The zero-order valence-corrected chi connectivity index (χ0v) is 16.0. The zero-order valence-electron chi connectivity index (χ0n) is 14.3. The first-order valence-corrected chi connectivity index (χ1v) is 7.72. The summed E-state index contributed by atoms with van der Waals surface area (Å²) in [5, 5.41) is 7.20. The van der Waals surface area contributed by atoms with E-state index in [0.717, 1.165) is 25.9 Å². The van der Waals surface area contributed by atoms with E-state index < -0.39 is 6.04 Å². The van der Waals surface area contributed by atoms with Crippen molar-refractivity contribution in [3.63, 3.8) is 0 Å². The van der Waals surface area contributed by atoms with Gasteiger partial charge in [-0.25, -0.2) is 0 Å². The van der Waals surface area contributed by atoms with Gasteiger partial charge in [-0.2, -0.15) is 5.10 Å². The van der Waals surface area contributed by atoms with Gasteiger partial charge in [-0.15, -0.1) is 24.8 Å². The Kier molecular flexibility index (Phi) is 9.96. The first-order chi connectivity index (χ1) is 10.5. The number of carbonyl (C=O) groups excluding carboxylic acids is 2. The number of likely N-dealkylation sites (tertiary alicyclic amines) is 1. The van der Waals surface area contributed by atoms with Crippen LogP contribution in [0, 0.1) is 0 Å². The van der Waals surface area contributed by atoms with Gasteiger partial charge in [0.15, 0.2) is 0 Å². The molecule has 24 heavy (non-hydrogen) atoms. The summed E-state index contributed by atoms with van der Waals surface area (Å²) in [5.74, 6) is -0.0947. The molecule has 1 aromatic rings. The van der Waals surface area contributed by atoms with E-state index in [1.807, 2.05) is 11.9 Å². The molecule has 2 unspecified atom stereocenters. The molecule has 0 saturated carbocycles. The molecular weight excluding hydrogens is 353 g/mol. The summed E-state index contributed by atoms with van der Waals surface area (Å²) in [6.45, 7) is 3.48. The number of hydrogen-bond donors (Lipinski definition) is 1. The molecule has 2 atom stereocenters. The summed E-state index contributed by atoms with van der Waals surface area (Å²) in [7, 11) is 3.56. The first-order valence-electron chi connectivity index (χ1n) is 7.72. The minimum Gasteiger partial charge on any atom is -0.337 e. The molecule has 0 radical (unpaired) electrons. The number of rotatable bonds is 6. The number of nitrogens with zero attached hydrogens (tertiary/aromatic N) is 4. The van der Waals surface area contributed by atoms with Crippen molar-refractivity contribution in [1.82, 2.24) is 24.9 Å². The van der Waals surface area contributed by atoms with Crippen molar-refractivity contribution >= 4 is 36.6 Å². The molecule has 0 bridgehead atoms. The molecule has 1 N–H and O–H groups in total. The molecule has 1 aliphatic heterocycles. The highest BCUT2D eigenvalue weighted by atomic mass is 35.5. The molecule has 1 fully saturated rings. The fourth-order valence-corrected chi connectivity index (χ4v) is 2.93. The maximum atomic E-state index is 12.4. The van der Waals surface area contributed by atoms with E-state index in [9.17, 15) is 9.59 Å². The van der Waals surface area contributed by atoms with Crippen molar-refractivity contribution in [1.29, 1.82) is 0 Å². The van der Waals surface area contributed by atoms with E-state index in [0.29, 0.717) is 0 Å². The molecule has 2 amide bonds. The van der Waals surface area contributed by atoms with Crippen LogP contribution in [0.5, 0.6) is 0 Å². The monoisotopic (exact) mass is 379 g/mol. The van der Waals surface area contributed by atoms with Gasteiger partial charge in [-0.3, -0.25) is 14.3 Å². The minimum atomic E-state index is -0.403. The smallest absolute Gasteiger partial charge is 0.247 e. The Hall–Kier alpha value is -1.31. The van der Waals surface area contributed by atoms with Crippen LogP contribution in [0.25, 0.3) is 0 Å². The van der Waals surface area contributed by atoms with Crippen molar-refractivity contribution in [2.24, 2.45) is 0 Å². The molecule has 0 aliphatic carbocycles. The fourth-order valence-electron chi connectivity index (χ4n) is 2.93. The lowest BCUT2D eigenvalue weighted by atomic mass is 10.2. The third-order valence-electron chi connectivity index (χ3n) is 4.16. The number of likely N-dealkylation sites (N-methyl/N-ethyl adjacent to an activating group) is 2. The average molecular weight is 380 g/mol. The van der Waals surface area contributed by atoms with E-state index in [1.165, 1.54) is 4.90 Å². The quantitative estimate of drug-likeness (QED) is 0.798. The van der Waals surface area contributed by atoms with Gasteiger partial charge in [0, 0.05) is 38.6 Å². The van der Waals surface area contributed by atoms with Crippen LogP contribution < -0.4 is 5.32 Å². The van der Waals surface area contributed by atoms with Crippen LogP contribution in [0.15, 0.2) is 18.5 Å². The molecule has 1 aromatic heterocycles. The fraction of sp³-hybridized carbons (Fsp3) is 0.667. The van der Waals surface area contributed by atoms with E-state index in [2.05, 4.69) is 10.4 Å².